The third kappa shape index (κ3) is 3.74. The van der Waals surface area contributed by atoms with E-state index >= 15 is 0 Å². The molecule has 0 bridgehead atoms. The highest BCUT2D eigenvalue weighted by atomic mass is 14.1. The van der Waals surface area contributed by atoms with Crippen molar-refractivity contribution in [3.63, 3.8) is 0 Å². The Morgan fingerprint density at radius 2 is 0.926 bits per heavy atom. The fraction of sp³-hybridized carbons (Fsp3) is 0.185. The Bertz CT molecular complexity index is 1020. The standard InChI is InChI=1S/C27H24/c1-18-9-19(2)12-23(11-18)26-15-25(22-7-5-6-8-22)16-27(17-26)24-13-20(3)10-21(4)14-24/h7,9-17H,8H2,1-4H3. The van der Waals surface area contributed by atoms with E-state index in [1.165, 1.54) is 55.6 Å². The van der Waals surface area contributed by atoms with Gasteiger partial charge in [0.05, 0.1) is 0 Å². The van der Waals surface area contributed by atoms with Crippen LogP contribution in [0.3, 0.4) is 0 Å². The summed E-state index contributed by atoms with van der Waals surface area (Å²) in [6, 6.07) is 20.5. The highest BCUT2D eigenvalue weighted by Gasteiger charge is 2.11. The van der Waals surface area contributed by atoms with Gasteiger partial charge in [-0.25, -0.2) is 0 Å². The summed E-state index contributed by atoms with van der Waals surface area (Å²) in [5, 5.41) is 0. The van der Waals surface area contributed by atoms with Gasteiger partial charge in [-0.3, -0.25) is 0 Å². The largest absolute Gasteiger partial charge is 0.0937 e. The molecule has 0 heteroatoms. The van der Waals surface area contributed by atoms with Gasteiger partial charge < -0.3 is 0 Å². The van der Waals surface area contributed by atoms with E-state index in [0.29, 0.717) is 0 Å². The molecule has 0 heterocycles. The number of hydrogen-bond acceptors (Lipinski definition) is 0. The van der Waals surface area contributed by atoms with Gasteiger partial charge in [0.15, 0.2) is 0 Å². The second-order valence-electron chi connectivity index (χ2n) is 7.72. The first-order valence-corrected chi connectivity index (χ1v) is 9.48. The zero-order chi connectivity index (χ0) is 19.0. The normalized spacial score (nSPS) is 12.5. The molecule has 0 fully saturated rings. The van der Waals surface area contributed by atoms with Gasteiger partial charge >= 0.3 is 0 Å². The van der Waals surface area contributed by atoms with E-state index in [4.69, 9.17) is 0 Å². The van der Waals surface area contributed by atoms with Crippen LogP contribution in [0.1, 0.15) is 34.2 Å². The van der Waals surface area contributed by atoms with Crippen molar-refractivity contribution in [2.45, 2.75) is 34.1 Å². The maximum absolute atomic E-state index is 3.18. The maximum Gasteiger partial charge on any atom is 0.0356 e. The lowest BCUT2D eigenvalue weighted by Gasteiger charge is -2.13. The molecule has 0 aromatic heterocycles. The molecule has 4 rings (SSSR count). The number of rotatable bonds is 3. The molecule has 0 aliphatic heterocycles. The summed E-state index contributed by atoms with van der Waals surface area (Å²) in [6.45, 7) is 8.66. The average Bonchev–Trinajstić information content (AvgIpc) is 3.14. The zero-order valence-electron chi connectivity index (χ0n) is 16.5. The molecule has 132 valence electrons. The van der Waals surface area contributed by atoms with Gasteiger partial charge in [-0.1, -0.05) is 70.5 Å². The lowest BCUT2D eigenvalue weighted by Crippen LogP contribution is -1.90. The van der Waals surface area contributed by atoms with Gasteiger partial charge in [-0.05, 0) is 85.4 Å². The fourth-order valence-electron chi connectivity index (χ4n) is 3.95. The first-order valence-electron chi connectivity index (χ1n) is 9.48. The van der Waals surface area contributed by atoms with Gasteiger partial charge in [0.25, 0.3) is 0 Å². The Kier molecular flexibility index (Phi) is 4.46. The predicted molar refractivity (Wildman–Crippen MR) is 117 cm³/mol. The summed E-state index contributed by atoms with van der Waals surface area (Å²) in [5.41, 5.74) is 12.8. The molecule has 27 heavy (non-hydrogen) atoms. The Morgan fingerprint density at radius 3 is 1.33 bits per heavy atom. The summed E-state index contributed by atoms with van der Waals surface area (Å²) in [7, 11) is 0. The van der Waals surface area contributed by atoms with E-state index in [2.05, 4.69) is 100 Å². The van der Waals surface area contributed by atoms with Crippen LogP contribution in [0, 0.1) is 39.5 Å². The second-order valence-corrected chi connectivity index (χ2v) is 7.72. The molecule has 0 unspecified atom stereocenters. The van der Waals surface area contributed by atoms with Crippen molar-refractivity contribution in [1.29, 1.82) is 0 Å². The van der Waals surface area contributed by atoms with Crippen LogP contribution in [-0.2, 0) is 0 Å². The Balaban J connectivity index is 1.92. The highest BCUT2D eigenvalue weighted by Crippen LogP contribution is 2.34. The van der Waals surface area contributed by atoms with E-state index in [-0.39, 0.29) is 0 Å². The highest BCUT2D eigenvalue weighted by molar-refractivity contribution is 5.83. The topological polar surface area (TPSA) is 0 Å². The first kappa shape index (κ1) is 17.4. The van der Waals surface area contributed by atoms with Crippen molar-refractivity contribution >= 4 is 5.57 Å². The van der Waals surface area contributed by atoms with E-state index in [1.54, 1.807) is 0 Å². The number of benzene rings is 3. The van der Waals surface area contributed by atoms with Crippen molar-refractivity contribution < 1.29 is 0 Å². The maximum atomic E-state index is 3.18. The number of aryl methyl sites for hydroxylation is 4. The summed E-state index contributed by atoms with van der Waals surface area (Å²) >= 11 is 0. The molecule has 0 amide bonds. The molecule has 0 radical (unpaired) electrons. The number of hydrogen-bond donors (Lipinski definition) is 0. The monoisotopic (exact) mass is 348 g/mol. The van der Waals surface area contributed by atoms with Gasteiger partial charge in [0, 0.05) is 6.42 Å². The minimum Gasteiger partial charge on any atom is -0.0937 e. The molecular formula is C27H24. The van der Waals surface area contributed by atoms with Crippen LogP contribution in [0.25, 0.3) is 27.8 Å². The van der Waals surface area contributed by atoms with Gasteiger partial charge in [-0.15, -0.1) is 0 Å². The third-order valence-electron chi connectivity index (χ3n) is 5.04. The zero-order valence-corrected chi connectivity index (χ0v) is 16.5. The van der Waals surface area contributed by atoms with Crippen molar-refractivity contribution in [2.24, 2.45) is 0 Å². The van der Waals surface area contributed by atoms with Crippen molar-refractivity contribution in [2.75, 3.05) is 0 Å². The molecule has 1 aliphatic rings. The lowest BCUT2D eigenvalue weighted by molar-refractivity contribution is 1.37. The van der Waals surface area contributed by atoms with E-state index in [0.717, 1.165) is 6.42 Å². The minimum atomic E-state index is 0.836. The fourth-order valence-corrected chi connectivity index (χ4v) is 3.95. The third-order valence-corrected chi connectivity index (χ3v) is 5.04. The summed E-state index contributed by atoms with van der Waals surface area (Å²) < 4.78 is 0. The van der Waals surface area contributed by atoms with Crippen molar-refractivity contribution in [1.82, 2.24) is 0 Å². The van der Waals surface area contributed by atoms with Gasteiger partial charge in [0.1, 0.15) is 0 Å². The van der Waals surface area contributed by atoms with Crippen LogP contribution in [0.2, 0.25) is 0 Å². The van der Waals surface area contributed by atoms with Crippen molar-refractivity contribution in [3.05, 3.63) is 88.5 Å². The van der Waals surface area contributed by atoms with Gasteiger partial charge in [-0.2, -0.15) is 0 Å². The van der Waals surface area contributed by atoms with Crippen LogP contribution in [0.4, 0.5) is 0 Å². The van der Waals surface area contributed by atoms with Crippen LogP contribution >= 0.6 is 0 Å². The van der Waals surface area contributed by atoms with Crippen LogP contribution in [-0.4, -0.2) is 0 Å². The summed E-state index contributed by atoms with van der Waals surface area (Å²) in [5.74, 6) is 6.30. The average molecular weight is 348 g/mol. The molecule has 3 aromatic carbocycles. The van der Waals surface area contributed by atoms with Crippen LogP contribution in [0.5, 0.6) is 0 Å². The molecule has 0 saturated carbocycles. The molecule has 0 spiro atoms. The lowest BCUT2D eigenvalue weighted by atomic mass is 9.91. The Morgan fingerprint density at radius 1 is 0.519 bits per heavy atom. The second kappa shape index (κ2) is 6.93. The van der Waals surface area contributed by atoms with Gasteiger partial charge in [0.2, 0.25) is 0 Å². The van der Waals surface area contributed by atoms with E-state index in [9.17, 15) is 0 Å². The molecule has 0 N–H and O–H groups in total. The first-order chi connectivity index (χ1) is 13.0. The van der Waals surface area contributed by atoms with E-state index in [1.807, 2.05) is 0 Å². The SMILES string of the molecule is Cc1cc(C)cc(-c2cc(C3=CC#CC3)cc(-c3cc(C)cc(C)c3)c2)c1. The summed E-state index contributed by atoms with van der Waals surface area (Å²) in [4.78, 5) is 0. The summed E-state index contributed by atoms with van der Waals surface area (Å²) in [6.07, 6.45) is 2.90. The van der Waals surface area contributed by atoms with Crippen molar-refractivity contribution in [3.8, 4) is 34.1 Å². The van der Waals surface area contributed by atoms with Crippen LogP contribution in [0.15, 0.2) is 60.7 Å². The molecule has 0 saturated heterocycles. The number of allylic oxidation sites excluding steroid dienone is 2. The molecule has 1 aliphatic carbocycles. The molecular weight excluding hydrogens is 324 g/mol. The molecule has 3 aromatic rings. The quantitative estimate of drug-likeness (QED) is 0.445. The Hall–Kier alpha value is -3.04. The smallest absolute Gasteiger partial charge is 0.0356 e. The Labute approximate surface area is 162 Å². The predicted octanol–water partition coefficient (Wildman–Crippen LogP) is 7.04. The molecule has 0 nitrogen and oxygen atoms in total. The molecule has 0 atom stereocenters. The van der Waals surface area contributed by atoms with E-state index < -0.39 is 0 Å². The van der Waals surface area contributed by atoms with Crippen LogP contribution < -0.4 is 0 Å². The minimum absolute atomic E-state index is 0.836.